The molecule has 3 N–H and O–H groups in total. The van der Waals surface area contributed by atoms with Crippen molar-refractivity contribution in [3.63, 3.8) is 0 Å². The van der Waals surface area contributed by atoms with Crippen molar-refractivity contribution < 1.29 is 8.42 Å². The highest BCUT2D eigenvalue weighted by Gasteiger charge is 2.19. The van der Waals surface area contributed by atoms with Crippen LogP contribution in [-0.4, -0.2) is 8.42 Å². The molecule has 0 heterocycles. The molecule has 2 aromatic carbocycles. The van der Waals surface area contributed by atoms with E-state index in [0.717, 1.165) is 0 Å². The fourth-order valence-electron chi connectivity index (χ4n) is 1.78. The van der Waals surface area contributed by atoms with Crippen LogP contribution in [0.4, 0.5) is 11.4 Å². The van der Waals surface area contributed by atoms with Crippen molar-refractivity contribution in [2.24, 2.45) is 0 Å². The Bertz CT molecular complexity index is 842. The first-order valence-electron chi connectivity index (χ1n) is 5.92. The van der Waals surface area contributed by atoms with Crippen LogP contribution >= 0.6 is 11.6 Å². The third-order valence-electron chi connectivity index (χ3n) is 2.84. The average molecular weight is 322 g/mol. The van der Waals surface area contributed by atoms with Gasteiger partial charge in [-0.15, -0.1) is 0 Å². The molecule has 0 unspecified atom stereocenters. The maximum absolute atomic E-state index is 12.4. The first-order chi connectivity index (χ1) is 9.83. The number of sulfonamides is 1. The summed E-state index contributed by atoms with van der Waals surface area (Å²) in [5.74, 6) is 0. The molecule has 108 valence electrons. The van der Waals surface area contributed by atoms with Crippen LogP contribution in [0.25, 0.3) is 0 Å². The van der Waals surface area contributed by atoms with Crippen LogP contribution in [0.15, 0.2) is 41.3 Å². The highest BCUT2D eigenvalue weighted by atomic mass is 35.5. The molecule has 5 nitrogen and oxygen atoms in total. The Balaban J connectivity index is 2.46. The number of benzene rings is 2. The first-order valence-corrected chi connectivity index (χ1v) is 7.78. The number of halogens is 1. The summed E-state index contributed by atoms with van der Waals surface area (Å²) in [4.78, 5) is -0.139. The van der Waals surface area contributed by atoms with Gasteiger partial charge < -0.3 is 5.73 Å². The zero-order valence-corrected chi connectivity index (χ0v) is 12.7. The number of nitrogens with one attached hydrogen (secondary N) is 1. The van der Waals surface area contributed by atoms with Crippen LogP contribution < -0.4 is 10.5 Å². The van der Waals surface area contributed by atoms with Crippen molar-refractivity contribution in [2.45, 2.75) is 11.8 Å². The lowest BCUT2D eigenvalue weighted by Gasteiger charge is -2.12. The summed E-state index contributed by atoms with van der Waals surface area (Å²) in [7, 11) is -3.89. The van der Waals surface area contributed by atoms with E-state index in [9.17, 15) is 8.42 Å². The number of hydrogen-bond acceptors (Lipinski definition) is 4. The van der Waals surface area contributed by atoms with Gasteiger partial charge in [-0.05, 0) is 48.9 Å². The van der Waals surface area contributed by atoms with Crippen molar-refractivity contribution in [3.05, 3.63) is 52.5 Å². The Kier molecular flexibility index (Phi) is 4.07. The number of nitrogen functional groups attached to an aromatic ring is 1. The second-order valence-electron chi connectivity index (χ2n) is 4.44. The van der Waals surface area contributed by atoms with Gasteiger partial charge in [-0.3, -0.25) is 4.72 Å². The van der Waals surface area contributed by atoms with E-state index in [0.29, 0.717) is 16.9 Å². The number of nitrogens with zero attached hydrogens (tertiary/aromatic N) is 1. The SMILES string of the molecule is Cc1cc(N)ccc1NS(=O)(=O)c1cc(C#N)ccc1Cl. The maximum atomic E-state index is 12.4. The number of nitriles is 1. The van der Waals surface area contributed by atoms with Crippen LogP contribution in [0.5, 0.6) is 0 Å². The largest absolute Gasteiger partial charge is 0.399 e. The average Bonchev–Trinajstić information content (AvgIpc) is 2.42. The van der Waals surface area contributed by atoms with E-state index in [-0.39, 0.29) is 15.5 Å². The molecule has 7 heteroatoms. The zero-order valence-electron chi connectivity index (χ0n) is 11.1. The summed E-state index contributed by atoms with van der Waals surface area (Å²) in [6.07, 6.45) is 0. The summed E-state index contributed by atoms with van der Waals surface area (Å²) in [5.41, 5.74) is 7.48. The van der Waals surface area contributed by atoms with Gasteiger partial charge in [0.15, 0.2) is 0 Å². The van der Waals surface area contributed by atoms with Gasteiger partial charge in [0.2, 0.25) is 0 Å². The second kappa shape index (κ2) is 5.64. The minimum atomic E-state index is -3.89. The molecule has 0 saturated carbocycles. The molecule has 0 aliphatic heterocycles. The summed E-state index contributed by atoms with van der Waals surface area (Å²) >= 11 is 5.92. The Morgan fingerprint density at radius 2 is 1.95 bits per heavy atom. The normalized spacial score (nSPS) is 10.9. The minimum absolute atomic E-state index is 0.0506. The quantitative estimate of drug-likeness (QED) is 0.849. The van der Waals surface area contributed by atoms with Gasteiger partial charge in [0.1, 0.15) is 4.90 Å². The summed E-state index contributed by atoms with van der Waals surface area (Å²) < 4.78 is 27.2. The van der Waals surface area contributed by atoms with E-state index < -0.39 is 10.0 Å². The Morgan fingerprint density at radius 1 is 1.24 bits per heavy atom. The minimum Gasteiger partial charge on any atom is -0.399 e. The third kappa shape index (κ3) is 3.27. The lowest BCUT2D eigenvalue weighted by atomic mass is 10.2. The standard InChI is InChI=1S/C14H12ClN3O2S/c1-9-6-11(17)3-5-13(9)18-21(19,20)14-7-10(8-16)2-4-12(14)15/h2-7,18H,17H2,1H3. The fraction of sp³-hybridized carbons (Fsp3) is 0.0714. The lowest BCUT2D eigenvalue weighted by molar-refractivity contribution is 0.601. The van der Waals surface area contributed by atoms with E-state index in [1.807, 2.05) is 6.07 Å². The summed E-state index contributed by atoms with van der Waals surface area (Å²) in [6.45, 7) is 1.74. The molecule has 0 aliphatic carbocycles. The number of rotatable bonds is 3. The maximum Gasteiger partial charge on any atom is 0.263 e. The Labute approximate surface area is 128 Å². The van der Waals surface area contributed by atoms with Gasteiger partial charge in [0.25, 0.3) is 10.0 Å². The Hall–Kier alpha value is -2.23. The molecule has 0 amide bonds. The van der Waals surface area contributed by atoms with E-state index >= 15 is 0 Å². The highest BCUT2D eigenvalue weighted by molar-refractivity contribution is 7.92. The van der Waals surface area contributed by atoms with Crippen molar-refractivity contribution in [2.75, 3.05) is 10.5 Å². The first kappa shape index (κ1) is 15.2. The molecule has 0 radical (unpaired) electrons. The third-order valence-corrected chi connectivity index (χ3v) is 4.69. The number of aryl methyl sites for hydroxylation is 1. The van der Waals surface area contributed by atoms with E-state index in [4.69, 9.17) is 22.6 Å². The van der Waals surface area contributed by atoms with Gasteiger partial charge in [0.05, 0.1) is 22.3 Å². The van der Waals surface area contributed by atoms with Crippen LogP contribution in [0, 0.1) is 18.3 Å². The van der Waals surface area contributed by atoms with Gasteiger partial charge >= 0.3 is 0 Å². The van der Waals surface area contributed by atoms with Crippen molar-refractivity contribution in [1.82, 2.24) is 0 Å². The molecule has 2 rings (SSSR count). The van der Waals surface area contributed by atoms with Crippen LogP contribution in [0.1, 0.15) is 11.1 Å². The molecule has 2 aromatic rings. The van der Waals surface area contributed by atoms with E-state index in [1.54, 1.807) is 25.1 Å². The number of anilines is 2. The molecule has 0 aliphatic rings. The number of nitrogens with two attached hydrogens (primary N) is 1. The zero-order chi connectivity index (χ0) is 15.6. The van der Waals surface area contributed by atoms with Crippen LogP contribution in [-0.2, 0) is 10.0 Å². The molecule has 0 spiro atoms. The van der Waals surface area contributed by atoms with Gasteiger partial charge in [-0.2, -0.15) is 5.26 Å². The monoisotopic (exact) mass is 321 g/mol. The van der Waals surface area contributed by atoms with Gasteiger partial charge in [0, 0.05) is 5.69 Å². The predicted molar refractivity (Wildman–Crippen MR) is 82.6 cm³/mol. The predicted octanol–water partition coefficient (Wildman–Crippen LogP) is 2.90. The summed E-state index contributed by atoms with van der Waals surface area (Å²) in [6, 6.07) is 10.8. The van der Waals surface area contributed by atoms with Crippen LogP contribution in [0.3, 0.4) is 0 Å². The molecule has 0 fully saturated rings. The van der Waals surface area contributed by atoms with Crippen molar-refractivity contribution >= 4 is 33.0 Å². The van der Waals surface area contributed by atoms with Crippen molar-refractivity contribution in [3.8, 4) is 6.07 Å². The molecular formula is C14H12ClN3O2S. The lowest BCUT2D eigenvalue weighted by Crippen LogP contribution is -2.14. The van der Waals surface area contributed by atoms with E-state index in [2.05, 4.69) is 4.72 Å². The molecule has 0 saturated heterocycles. The second-order valence-corrected chi connectivity index (χ2v) is 6.49. The highest BCUT2D eigenvalue weighted by Crippen LogP contribution is 2.26. The Morgan fingerprint density at radius 3 is 2.57 bits per heavy atom. The number of hydrogen-bond donors (Lipinski definition) is 2. The summed E-state index contributed by atoms with van der Waals surface area (Å²) in [5, 5.41) is 8.91. The van der Waals surface area contributed by atoms with E-state index in [1.165, 1.54) is 18.2 Å². The molecule has 21 heavy (non-hydrogen) atoms. The molecular weight excluding hydrogens is 310 g/mol. The van der Waals surface area contributed by atoms with Crippen LogP contribution in [0.2, 0.25) is 5.02 Å². The molecule has 0 atom stereocenters. The molecule has 0 bridgehead atoms. The van der Waals surface area contributed by atoms with Gasteiger partial charge in [-0.25, -0.2) is 8.42 Å². The topological polar surface area (TPSA) is 96.0 Å². The fourth-order valence-corrected chi connectivity index (χ4v) is 3.44. The molecule has 0 aromatic heterocycles. The smallest absolute Gasteiger partial charge is 0.263 e. The van der Waals surface area contributed by atoms with Crippen molar-refractivity contribution in [1.29, 1.82) is 5.26 Å². The van der Waals surface area contributed by atoms with Gasteiger partial charge in [-0.1, -0.05) is 11.6 Å².